The molecule has 0 saturated heterocycles. The Morgan fingerprint density at radius 2 is 2.43 bits per heavy atom. The second-order valence-corrected chi connectivity index (χ2v) is 1.70. The highest BCUT2D eigenvalue weighted by Crippen LogP contribution is 2.17. The van der Waals surface area contributed by atoms with Crippen molar-refractivity contribution < 1.29 is 4.79 Å². The molecule has 0 amide bonds. The van der Waals surface area contributed by atoms with Gasteiger partial charge in [-0.15, -0.1) is 0 Å². The van der Waals surface area contributed by atoms with Crippen LogP contribution < -0.4 is 5.32 Å². The zero-order valence-corrected chi connectivity index (χ0v) is 3.98. The molecule has 0 spiro atoms. The van der Waals surface area contributed by atoms with Crippen LogP contribution in [0.3, 0.4) is 0 Å². The Morgan fingerprint density at radius 1 is 1.71 bits per heavy atom. The second kappa shape index (κ2) is 1.80. The maximum atomic E-state index is 9.49. The van der Waals surface area contributed by atoms with Gasteiger partial charge in [0.25, 0.3) is 0 Å². The van der Waals surface area contributed by atoms with Gasteiger partial charge >= 0.3 is 0 Å². The van der Waals surface area contributed by atoms with E-state index >= 15 is 0 Å². The van der Waals surface area contributed by atoms with Gasteiger partial charge in [-0.1, -0.05) is 0 Å². The lowest BCUT2D eigenvalue weighted by atomic mass is 10.7. The molecule has 0 radical (unpaired) electrons. The summed E-state index contributed by atoms with van der Waals surface area (Å²) in [5.41, 5.74) is 0. The Hall–Kier alpha value is -0.750. The first-order valence-corrected chi connectivity index (χ1v) is 2.39. The third-order valence-electron chi connectivity index (χ3n) is 0.955. The first kappa shape index (κ1) is 4.41. The van der Waals surface area contributed by atoms with Crippen LogP contribution in [-0.2, 0) is 4.79 Å². The summed E-state index contributed by atoms with van der Waals surface area (Å²) in [4.78, 5) is 9.49. The molecule has 2 heteroatoms. The maximum Gasteiger partial charge on any atom is 0.141 e. The van der Waals surface area contributed by atoms with Crippen LogP contribution in [0.1, 0.15) is 12.8 Å². The van der Waals surface area contributed by atoms with Crippen molar-refractivity contribution in [1.29, 1.82) is 0 Å². The van der Waals surface area contributed by atoms with E-state index in [0.29, 0.717) is 6.04 Å². The monoisotopic (exact) mass is 97.1 g/mol. The molecule has 1 aliphatic carbocycles. The molecule has 0 aromatic heterocycles. The van der Waals surface area contributed by atoms with Crippen molar-refractivity contribution in [3.8, 4) is 0 Å². The highest BCUT2D eigenvalue weighted by molar-refractivity contribution is 5.44. The summed E-state index contributed by atoms with van der Waals surface area (Å²) in [5, 5.41) is 2.86. The number of nitrogens with one attached hydrogen (secondary N) is 1. The third kappa shape index (κ3) is 1.42. The average molecular weight is 97.1 g/mol. The molecule has 0 unspecified atom stereocenters. The SMILES string of the molecule is O=C=CNC1CC1. The van der Waals surface area contributed by atoms with Gasteiger partial charge in [-0.25, -0.2) is 4.79 Å². The van der Waals surface area contributed by atoms with E-state index in [9.17, 15) is 4.79 Å². The molecular formula is C5H7NO. The Balaban J connectivity index is 2.09. The van der Waals surface area contributed by atoms with E-state index in [1.165, 1.54) is 19.0 Å². The smallest absolute Gasteiger partial charge is 0.141 e. The quantitative estimate of drug-likeness (QED) is 0.494. The maximum absolute atomic E-state index is 9.49. The Kier molecular flexibility index (Phi) is 1.14. The molecule has 38 valence electrons. The van der Waals surface area contributed by atoms with Crippen molar-refractivity contribution in [3.63, 3.8) is 0 Å². The lowest BCUT2D eigenvalue weighted by molar-refractivity contribution is 0.567. The van der Waals surface area contributed by atoms with Gasteiger partial charge in [0.1, 0.15) is 5.94 Å². The minimum absolute atomic E-state index is 0.585. The van der Waals surface area contributed by atoms with Crippen LogP contribution in [0.25, 0.3) is 0 Å². The van der Waals surface area contributed by atoms with Crippen LogP contribution >= 0.6 is 0 Å². The van der Waals surface area contributed by atoms with E-state index in [4.69, 9.17) is 0 Å². The first-order chi connectivity index (χ1) is 3.43. The van der Waals surface area contributed by atoms with Crippen molar-refractivity contribution in [2.45, 2.75) is 18.9 Å². The number of rotatable bonds is 2. The van der Waals surface area contributed by atoms with E-state index in [2.05, 4.69) is 5.32 Å². The van der Waals surface area contributed by atoms with E-state index in [-0.39, 0.29) is 0 Å². The van der Waals surface area contributed by atoms with Crippen molar-refractivity contribution >= 4 is 5.94 Å². The Bertz CT molecular complexity index is 101. The van der Waals surface area contributed by atoms with E-state index in [1.54, 1.807) is 5.94 Å². The zero-order chi connectivity index (χ0) is 5.11. The van der Waals surface area contributed by atoms with Gasteiger partial charge < -0.3 is 5.32 Å². The molecule has 1 saturated carbocycles. The van der Waals surface area contributed by atoms with Gasteiger partial charge in [-0.05, 0) is 12.8 Å². The fraction of sp³-hybridized carbons (Fsp3) is 0.600. The lowest BCUT2D eigenvalue weighted by Crippen LogP contribution is -2.06. The summed E-state index contributed by atoms with van der Waals surface area (Å²) in [6.45, 7) is 0. The molecule has 1 N–H and O–H groups in total. The summed E-state index contributed by atoms with van der Waals surface area (Å²) in [5.74, 6) is 1.65. The molecular weight excluding hydrogens is 90.1 g/mol. The fourth-order valence-electron chi connectivity index (χ4n) is 0.402. The van der Waals surface area contributed by atoms with Crippen molar-refractivity contribution in [2.75, 3.05) is 0 Å². The molecule has 0 aromatic carbocycles. The zero-order valence-electron chi connectivity index (χ0n) is 3.98. The van der Waals surface area contributed by atoms with Crippen LogP contribution in [0.15, 0.2) is 6.20 Å². The van der Waals surface area contributed by atoms with Gasteiger partial charge in [-0.2, -0.15) is 0 Å². The molecule has 0 bridgehead atoms. The van der Waals surface area contributed by atoms with Crippen LogP contribution in [-0.4, -0.2) is 12.0 Å². The summed E-state index contributed by atoms with van der Waals surface area (Å²) >= 11 is 0. The van der Waals surface area contributed by atoms with E-state index in [1.807, 2.05) is 0 Å². The first-order valence-electron chi connectivity index (χ1n) is 2.39. The fourth-order valence-corrected chi connectivity index (χ4v) is 0.402. The third-order valence-corrected chi connectivity index (χ3v) is 0.955. The molecule has 0 atom stereocenters. The van der Waals surface area contributed by atoms with Crippen molar-refractivity contribution in [3.05, 3.63) is 6.20 Å². The van der Waals surface area contributed by atoms with E-state index in [0.717, 1.165) is 0 Å². The largest absolute Gasteiger partial charge is 0.379 e. The highest BCUT2D eigenvalue weighted by atomic mass is 16.1. The van der Waals surface area contributed by atoms with Gasteiger partial charge in [0.05, 0.1) is 6.20 Å². The molecule has 1 aliphatic rings. The summed E-state index contributed by atoms with van der Waals surface area (Å²) < 4.78 is 0. The summed E-state index contributed by atoms with van der Waals surface area (Å²) in [6, 6.07) is 0.585. The normalized spacial score (nSPS) is 17.7. The number of hydrogen-bond acceptors (Lipinski definition) is 2. The average Bonchev–Trinajstić information content (AvgIpc) is 2.42. The van der Waals surface area contributed by atoms with Gasteiger partial charge in [-0.3, -0.25) is 0 Å². The van der Waals surface area contributed by atoms with Gasteiger partial charge in [0, 0.05) is 6.04 Å². The molecule has 0 aromatic rings. The molecule has 7 heavy (non-hydrogen) atoms. The molecule has 1 fully saturated rings. The van der Waals surface area contributed by atoms with Gasteiger partial charge in [0.15, 0.2) is 0 Å². The predicted molar refractivity (Wildman–Crippen MR) is 26.4 cm³/mol. The molecule has 0 heterocycles. The molecule has 2 nitrogen and oxygen atoms in total. The lowest BCUT2D eigenvalue weighted by Gasteiger charge is -1.85. The minimum Gasteiger partial charge on any atom is -0.379 e. The number of hydrogen-bond donors (Lipinski definition) is 1. The van der Waals surface area contributed by atoms with Crippen molar-refractivity contribution in [1.82, 2.24) is 5.32 Å². The Labute approximate surface area is 42.2 Å². The topological polar surface area (TPSA) is 29.1 Å². The van der Waals surface area contributed by atoms with Crippen LogP contribution in [0, 0.1) is 0 Å². The van der Waals surface area contributed by atoms with Crippen LogP contribution in [0.2, 0.25) is 0 Å². The van der Waals surface area contributed by atoms with Crippen molar-refractivity contribution in [2.24, 2.45) is 0 Å². The summed E-state index contributed by atoms with van der Waals surface area (Å²) in [6.07, 6.45) is 3.74. The minimum atomic E-state index is 0.585. The molecule has 1 rings (SSSR count). The van der Waals surface area contributed by atoms with Crippen LogP contribution in [0.5, 0.6) is 0 Å². The highest BCUT2D eigenvalue weighted by Gasteiger charge is 2.18. The summed E-state index contributed by atoms with van der Waals surface area (Å²) in [7, 11) is 0. The van der Waals surface area contributed by atoms with E-state index < -0.39 is 0 Å². The number of carbonyl (C=O) groups excluding carboxylic acids is 1. The Morgan fingerprint density at radius 3 is 2.86 bits per heavy atom. The standard InChI is InChI=1S/C5H7NO/c7-4-3-6-5-1-2-5/h3,5-6H,1-2H2. The van der Waals surface area contributed by atoms with Gasteiger partial charge in [0.2, 0.25) is 0 Å². The molecule has 0 aliphatic heterocycles. The second-order valence-electron chi connectivity index (χ2n) is 1.70. The predicted octanol–water partition coefficient (Wildman–Crippen LogP) is 0.0837. The van der Waals surface area contributed by atoms with Crippen LogP contribution in [0.4, 0.5) is 0 Å².